The van der Waals surface area contributed by atoms with Crippen LogP contribution in [0.15, 0.2) is 15.9 Å². The zero-order chi connectivity index (χ0) is 14.0. The summed E-state index contributed by atoms with van der Waals surface area (Å²) in [7, 11) is 1.84. The molecule has 21 heavy (non-hydrogen) atoms. The molecule has 0 aliphatic carbocycles. The largest absolute Gasteiger partial charge is 0.384 e. The standard InChI is InChI=1S/C15H23BrN2OS.ClH/c1-19-10-12-8-18(9-13-2-3-14(16)20-13)11-15(12)4-6-17-7-5-15;/h2-3,12,17H,4-11H2,1H3;1H. The average molecular weight is 396 g/mol. The number of nitrogens with zero attached hydrogens (tertiary/aromatic N) is 1. The lowest BCUT2D eigenvalue weighted by molar-refractivity contribution is 0.0716. The number of hydrogen-bond acceptors (Lipinski definition) is 4. The molecule has 1 N–H and O–H groups in total. The van der Waals surface area contributed by atoms with Crippen LogP contribution < -0.4 is 5.32 Å². The maximum absolute atomic E-state index is 5.50. The number of nitrogens with one attached hydrogen (secondary N) is 1. The summed E-state index contributed by atoms with van der Waals surface area (Å²) < 4.78 is 6.74. The summed E-state index contributed by atoms with van der Waals surface area (Å²) in [6.07, 6.45) is 2.59. The first-order valence-electron chi connectivity index (χ1n) is 7.38. The van der Waals surface area contributed by atoms with Crippen molar-refractivity contribution in [3.63, 3.8) is 0 Å². The minimum absolute atomic E-state index is 0. The van der Waals surface area contributed by atoms with Crippen LogP contribution in [-0.4, -0.2) is 44.8 Å². The van der Waals surface area contributed by atoms with Crippen molar-refractivity contribution >= 4 is 39.7 Å². The van der Waals surface area contributed by atoms with Crippen molar-refractivity contribution in [3.8, 4) is 0 Å². The first-order chi connectivity index (χ1) is 9.72. The van der Waals surface area contributed by atoms with E-state index in [1.807, 2.05) is 18.4 Å². The Morgan fingerprint density at radius 2 is 2.19 bits per heavy atom. The third-order valence-electron chi connectivity index (χ3n) is 4.86. The molecule has 0 aromatic carbocycles. The van der Waals surface area contributed by atoms with Crippen molar-refractivity contribution in [2.75, 3.05) is 39.9 Å². The molecule has 6 heteroatoms. The topological polar surface area (TPSA) is 24.5 Å². The molecule has 2 fully saturated rings. The van der Waals surface area contributed by atoms with Gasteiger partial charge in [-0.3, -0.25) is 4.90 Å². The van der Waals surface area contributed by atoms with Gasteiger partial charge < -0.3 is 10.1 Å². The summed E-state index contributed by atoms with van der Waals surface area (Å²) in [5.41, 5.74) is 0.482. The Labute approximate surface area is 146 Å². The fourth-order valence-corrected chi connectivity index (χ4v) is 5.37. The molecule has 3 heterocycles. The second kappa shape index (κ2) is 7.75. The lowest BCUT2D eigenvalue weighted by Gasteiger charge is -2.38. The molecule has 0 amide bonds. The smallest absolute Gasteiger partial charge is 0.0701 e. The van der Waals surface area contributed by atoms with Crippen molar-refractivity contribution in [1.29, 1.82) is 0 Å². The van der Waals surface area contributed by atoms with Gasteiger partial charge in [-0.15, -0.1) is 23.7 Å². The Bertz CT molecular complexity index is 451. The molecule has 0 bridgehead atoms. The summed E-state index contributed by atoms with van der Waals surface area (Å²) in [4.78, 5) is 4.09. The monoisotopic (exact) mass is 394 g/mol. The van der Waals surface area contributed by atoms with Gasteiger partial charge in [0.1, 0.15) is 0 Å². The van der Waals surface area contributed by atoms with Gasteiger partial charge in [0.25, 0.3) is 0 Å². The van der Waals surface area contributed by atoms with Gasteiger partial charge in [0.15, 0.2) is 0 Å². The molecule has 120 valence electrons. The van der Waals surface area contributed by atoms with Crippen LogP contribution in [0.4, 0.5) is 0 Å². The third kappa shape index (κ3) is 4.01. The van der Waals surface area contributed by atoms with Crippen molar-refractivity contribution in [1.82, 2.24) is 10.2 Å². The van der Waals surface area contributed by atoms with E-state index in [-0.39, 0.29) is 12.4 Å². The number of halogens is 2. The van der Waals surface area contributed by atoms with Crippen molar-refractivity contribution in [2.24, 2.45) is 11.3 Å². The number of likely N-dealkylation sites (tertiary alicyclic amines) is 1. The van der Waals surface area contributed by atoms with Gasteiger partial charge in [-0.1, -0.05) is 0 Å². The quantitative estimate of drug-likeness (QED) is 0.846. The SMILES string of the molecule is COCC1CN(Cc2ccc(Br)s2)CC12CCNCC2.Cl. The first kappa shape index (κ1) is 17.7. The highest BCUT2D eigenvalue weighted by molar-refractivity contribution is 9.11. The highest BCUT2D eigenvalue weighted by Gasteiger charge is 2.46. The molecule has 1 aromatic heterocycles. The Morgan fingerprint density at radius 1 is 1.43 bits per heavy atom. The van der Waals surface area contributed by atoms with Gasteiger partial charge in [-0.25, -0.2) is 0 Å². The van der Waals surface area contributed by atoms with Crippen molar-refractivity contribution in [2.45, 2.75) is 19.4 Å². The van der Waals surface area contributed by atoms with Crippen LogP contribution in [0.3, 0.4) is 0 Å². The van der Waals surface area contributed by atoms with Crippen molar-refractivity contribution < 1.29 is 4.74 Å². The molecule has 3 rings (SSSR count). The fraction of sp³-hybridized carbons (Fsp3) is 0.733. The number of methoxy groups -OCH3 is 1. The second-order valence-electron chi connectivity index (χ2n) is 6.14. The molecule has 2 aliphatic heterocycles. The van der Waals surface area contributed by atoms with E-state index in [1.165, 1.54) is 47.7 Å². The maximum Gasteiger partial charge on any atom is 0.0701 e. The van der Waals surface area contributed by atoms with E-state index in [9.17, 15) is 0 Å². The number of piperidine rings is 1. The van der Waals surface area contributed by atoms with Crippen molar-refractivity contribution in [3.05, 3.63) is 20.8 Å². The molecule has 1 atom stereocenters. The van der Waals surface area contributed by atoms with Crippen LogP contribution in [-0.2, 0) is 11.3 Å². The first-order valence-corrected chi connectivity index (χ1v) is 8.99. The molecule has 3 nitrogen and oxygen atoms in total. The lowest BCUT2D eigenvalue weighted by atomic mass is 9.71. The Balaban J connectivity index is 0.00000161. The van der Waals surface area contributed by atoms with Gasteiger partial charge in [-0.05, 0) is 59.4 Å². The number of hydrogen-bond donors (Lipinski definition) is 1. The van der Waals surface area contributed by atoms with E-state index < -0.39 is 0 Å². The molecule has 1 spiro atoms. The van der Waals surface area contributed by atoms with Crippen LogP contribution >= 0.6 is 39.7 Å². The molecular weight excluding hydrogens is 372 g/mol. The lowest BCUT2D eigenvalue weighted by Crippen LogP contribution is -2.43. The Kier molecular flexibility index (Phi) is 6.53. The van der Waals surface area contributed by atoms with E-state index in [2.05, 4.69) is 38.3 Å². The van der Waals surface area contributed by atoms with E-state index in [0.717, 1.165) is 13.2 Å². The van der Waals surface area contributed by atoms with E-state index in [4.69, 9.17) is 4.74 Å². The number of rotatable bonds is 4. The van der Waals surface area contributed by atoms with E-state index in [0.29, 0.717) is 11.3 Å². The summed E-state index contributed by atoms with van der Waals surface area (Å²) in [6, 6.07) is 4.40. The maximum atomic E-state index is 5.50. The van der Waals surface area contributed by atoms with Gasteiger partial charge in [0.2, 0.25) is 0 Å². The zero-order valence-electron chi connectivity index (χ0n) is 12.4. The third-order valence-corrected chi connectivity index (χ3v) is 6.47. The number of thiophene rings is 1. The Morgan fingerprint density at radius 3 is 2.81 bits per heavy atom. The average Bonchev–Trinajstić information content (AvgIpc) is 2.97. The minimum atomic E-state index is 0. The van der Waals surface area contributed by atoms with Crippen LogP contribution in [0.2, 0.25) is 0 Å². The van der Waals surface area contributed by atoms with Gasteiger partial charge >= 0.3 is 0 Å². The molecule has 0 saturated carbocycles. The summed E-state index contributed by atoms with van der Waals surface area (Å²) in [5, 5.41) is 3.50. The Hall–Kier alpha value is 0.350. The molecule has 2 aliphatic rings. The van der Waals surface area contributed by atoms with Gasteiger partial charge in [-0.2, -0.15) is 0 Å². The van der Waals surface area contributed by atoms with Gasteiger partial charge in [0, 0.05) is 37.5 Å². The predicted molar refractivity (Wildman–Crippen MR) is 94.4 cm³/mol. The summed E-state index contributed by atoms with van der Waals surface area (Å²) in [5.74, 6) is 0.693. The minimum Gasteiger partial charge on any atom is -0.384 e. The van der Waals surface area contributed by atoms with Crippen LogP contribution in [0, 0.1) is 11.3 Å². The molecule has 0 radical (unpaired) electrons. The zero-order valence-corrected chi connectivity index (χ0v) is 15.7. The molecule has 1 unspecified atom stereocenters. The second-order valence-corrected chi connectivity index (χ2v) is 8.69. The van der Waals surface area contributed by atoms with Crippen LogP contribution in [0.1, 0.15) is 17.7 Å². The van der Waals surface area contributed by atoms with Gasteiger partial charge in [0.05, 0.1) is 10.4 Å². The highest BCUT2D eigenvalue weighted by atomic mass is 79.9. The molecular formula is C15H24BrClN2OS. The summed E-state index contributed by atoms with van der Waals surface area (Å²) >= 11 is 5.42. The molecule has 2 saturated heterocycles. The normalized spacial score (nSPS) is 25.1. The molecule has 1 aromatic rings. The summed E-state index contributed by atoms with van der Waals surface area (Å²) in [6.45, 7) is 6.75. The highest BCUT2D eigenvalue weighted by Crippen LogP contribution is 2.44. The number of ether oxygens (including phenoxy) is 1. The van der Waals surface area contributed by atoms with E-state index in [1.54, 1.807) is 0 Å². The fourth-order valence-electron chi connectivity index (χ4n) is 3.84. The van der Waals surface area contributed by atoms with Crippen LogP contribution in [0.25, 0.3) is 0 Å². The predicted octanol–water partition coefficient (Wildman–Crippen LogP) is 3.38. The van der Waals surface area contributed by atoms with E-state index >= 15 is 0 Å². The van der Waals surface area contributed by atoms with Crippen LogP contribution in [0.5, 0.6) is 0 Å².